The minimum absolute atomic E-state index is 0.0267. The monoisotopic (exact) mass is 499 g/mol. The lowest BCUT2D eigenvalue weighted by Gasteiger charge is -2.38. The second-order valence-corrected chi connectivity index (χ2v) is 8.35. The predicted molar refractivity (Wildman–Crippen MR) is 136 cm³/mol. The predicted octanol–water partition coefficient (Wildman–Crippen LogP) is 6.09. The Morgan fingerprint density at radius 2 is 1.73 bits per heavy atom. The topological polar surface area (TPSA) is 93.9 Å². The van der Waals surface area contributed by atoms with Gasteiger partial charge in [0.1, 0.15) is 30.1 Å². The molecular weight excluding hydrogens is 477 g/mol. The van der Waals surface area contributed by atoms with Crippen LogP contribution < -0.4 is 19.7 Å². The van der Waals surface area contributed by atoms with Crippen LogP contribution in [-0.2, 0) is 6.61 Å². The first kappa shape index (κ1) is 23.8. The van der Waals surface area contributed by atoms with E-state index in [4.69, 9.17) is 9.47 Å². The van der Waals surface area contributed by atoms with Crippen molar-refractivity contribution < 1.29 is 23.6 Å². The number of rotatable bonds is 7. The van der Waals surface area contributed by atoms with Crippen LogP contribution in [0.25, 0.3) is 0 Å². The zero-order valence-electron chi connectivity index (χ0n) is 19.8. The smallest absolute Gasteiger partial charge is 0.269 e. The Hall–Kier alpha value is -4.92. The van der Waals surface area contributed by atoms with E-state index in [2.05, 4.69) is 5.32 Å². The molecule has 5 rings (SSSR count). The van der Waals surface area contributed by atoms with Crippen molar-refractivity contribution in [1.82, 2.24) is 0 Å². The lowest BCUT2D eigenvalue weighted by atomic mass is 10.0. The van der Waals surface area contributed by atoms with Crippen LogP contribution in [0.15, 0.2) is 91.0 Å². The third-order valence-electron chi connectivity index (χ3n) is 6.09. The fraction of sp³-hybridized carbons (Fsp3) is 0.107. The Kier molecular flexibility index (Phi) is 6.42. The lowest BCUT2D eigenvalue weighted by molar-refractivity contribution is -0.384. The van der Waals surface area contributed by atoms with E-state index in [9.17, 15) is 19.3 Å². The Morgan fingerprint density at radius 1 is 1.00 bits per heavy atom. The van der Waals surface area contributed by atoms with Crippen molar-refractivity contribution in [2.45, 2.75) is 12.8 Å². The highest BCUT2D eigenvalue weighted by atomic mass is 19.1. The summed E-state index contributed by atoms with van der Waals surface area (Å²) in [5.74, 6) is 0.436. The molecular formula is C28H22FN3O5. The number of methoxy groups -OCH3 is 1. The van der Waals surface area contributed by atoms with Crippen LogP contribution in [0.4, 0.5) is 21.5 Å². The highest BCUT2D eigenvalue weighted by Crippen LogP contribution is 2.38. The molecule has 0 saturated carbocycles. The van der Waals surface area contributed by atoms with Gasteiger partial charge in [0.05, 0.1) is 17.6 Å². The zero-order valence-corrected chi connectivity index (χ0v) is 19.8. The van der Waals surface area contributed by atoms with Crippen LogP contribution in [0.3, 0.4) is 0 Å². The number of hydrogen-bond donors (Lipinski definition) is 1. The Labute approximate surface area is 212 Å². The number of fused-ring (bicyclic) bond motifs is 1. The SMILES string of the molecule is COc1ccc(C2Nc3ccccc3C(=O)N2c2ccc(F)cc2)cc1COc1ccc([N+](=O)[O-])cc1. The molecule has 37 heavy (non-hydrogen) atoms. The van der Waals surface area contributed by atoms with Crippen molar-refractivity contribution in [1.29, 1.82) is 0 Å². The van der Waals surface area contributed by atoms with Gasteiger partial charge in [0.15, 0.2) is 0 Å². The summed E-state index contributed by atoms with van der Waals surface area (Å²) in [6.45, 7) is 0.128. The number of nitrogens with one attached hydrogen (secondary N) is 1. The van der Waals surface area contributed by atoms with E-state index in [1.807, 2.05) is 24.3 Å². The second-order valence-electron chi connectivity index (χ2n) is 8.35. The fourth-order valence-corrected chi connectivity index (χ4v) is 4.26. The van der Waals surface area contributed by atoms with E-state index in [0.717, 1.165) is 5.56 Å². The highest BCUT2D eigenvalue weighted by molar-refractivity contribution is 6.12. The number of nitro benzene ring substituents is 1. The van der Waals surface area contributed by atoms with Crippen LogP contribution in [0.5, 0.6) is 11.5 Å². The van der Waals surface area contributed by atoms with Gasteiger partial charge in [-0.3, -0.25) is 19.8 Å². The average Bonchev–Trinajstić information content (AvgIpc) is 2.92. The molecule has 8 nitrogen and oxygen atoms in total. The van der Waals surface area contributed by atoms with Gasteiger partial charge in [0, 0.05) is 29.1 Å². The minimum Gasteiger partial charge on any atom is -0.496 e. The number of carbonyl (C=O) groups is 1. The zero-order chi connectivity index (χ0) is 25.9. The van der Waals surface area contributed by atoms with Gasteiger partial charge in [0.2, 0.25) is 0 Å². The summed E-state index contributed by atoms with van der Waals surface area (Å²) in [6, 6.07) is 24.3. The van der Waals surface area contributed by atoms with E-state index >= 15 is 0 Å². The van der Waals surface area contributed by atoms with Crippen molar-refractivity contribution in [2.75, 3.05) is 17.3 Å². The normalized spacial score (nSPS) is 14.5. The van der Waals surface area contributed by atoms with Crippen molar-refractivity contribution >= 4 is 23.0 Å². The third-order valence-corrected chi connectivity index (χ3v) is 6.09. The summed E-state index contributed by atoms with van der Waals surface area (Å²) < 4.78 is 25.0. The maximum atomic E-state index is 13.7. The molecule has 0 bridgehead atoms. The molecule has 0 aliphatic carbocycles. The summed E-state index contributed by atoms with van der Waals surface area (Å²) in [6.07, 6.45) is -0.586. The van der Waals surface area contributed by atoms with Crippen molar-refractivity contribution in [3.8, 4) is 11.5 Å². The van der Waals surface area contributed by atoms with Gasteiger partial charge in [0.25, 0.3) is 11.6 Å². The van der Waals surface area contributed by atoms with Gasteiger partial charge in [-0.25, -0.2) is 4.39 Å². The van der Waals surface area contributed by atoms with Gasteiger partial charge in [-0.15, -0.1) is 0 Å². The summed E-state index contributed by atoms with van der Waals surface area (Å²) in [7, 11) is 1.55. The fourth-order valence-electron chi connectivity index (χ4n) is 4.26. The van der Waals surface area contributed by atoms with E-state index in [1.165, 1.54) is 36.4 Å². The number of ether oxygens (including phenoxy) is 2. The molecule has 0 spiro atoms. The summed E-state index contributed by atoms with van der Waals surface area (Å²) in [4.78, 5) is 25.6. The molecule has 0 radical (unpaired) electrons. The van der Waals surface area contributed by atoms with E-state index in [-0.39, 0.29) is 18.2 Å². The van der Waals surface area contributed by atoms with Gasteiger partial charge in [-0.1, -0.05) is 18.2 Å². The third kappa shape index (κ3) is 4.79. The second kappa shape index (κ2) is 9.98. The lowest BCUT2D eigenvalue weighted by Crippen LogP contribution is -2.43. The number of anilines is 2. The van der Waals surface area contributed by atoms with Crippen molar-refractivity contribution in [3.63, 3.8) is 0 Å². The number of non-ortho nitro benzene ring substituents is 1. The van der Waals surface area contributed by atoms with E-state index in [1.54, 1.807) is 42.3 Å². The highest BCUT2D eigenvalue weighted by Gasteiger charge is 2.34. The first-order valence-corrected chi connectivity index (χ1v) is 11.4. The Balaban J connectivity index is 1.49. The average molecular weight is 499 g/mol. The molecule has 186 valence electrons. The Bertz CT molecular complexity index is 1460. The molecule has 0 aromatic heterocycles. The van der Waals surface area contributed by atoms with Crippen molar-refractivity contribution in [2.24, 2.45) is 0 Å². The van der Waals surface area contributed by atoms with Crippen LogP contribution >= 0.6 is 0 Å². The van der Waals surface area contributed by atoms with Gasteiger partial charge in [-0.05, 0) is 66.2 Å². The number of para-hydroxylation sites is 1. The minimum atomic E-state index is -0.586. The van der Waals surface area contributed by atoms with E-state index < -0.39 is 16.9 Å². The molecule has 0 saturated heterocycles. The Morgan fingerprint density at radius 3 is 2.43 bits per heavy atom. The quantitative estimate of drug-likeness (QED) is 0.244. The molecule has 0 fully saturated rings. The van der Waals surface area contributed by atoms with Crippen molar-refractivity contribution in [3.05, 3.63) is 124 Å². The maximum absolute atomic E-state index is 13.7. The van der Waals surface area contributed by atoms with Crippen LogP contribution in [0.2, 0.25) is 0 Å². The standard InChI is InChI=1S/C28H22FN3O5/c1-36-26-15-6-18(16-19(26)17-37-23-13-11-22(12-14-23)32(34)35)27-30-25-5-3-2-4-24(25)28(33)31(27)21-9-7-20(29)8-10-21/h2-16,27,30H,17H2,1H3. The number of amides is 1. The molecule has 1 aliphatic heterocycles. The number of benzene rings is 4. The van der Waals surface area contributed by atoms with Gasteiger partial charge in [-0.2, -0.15) is 0 Å². The molecule has 1 aliphatic rings. The summed E-state index contributed by atoms with van der Waals surface area (Å²) in [5, 5.41) is 14.3. The molecule has 4 aromatic rings. The van der Waals surface area contributed by atoms with Crippen LogP contribution in [-0.4, -0.2) is 17.9 Å². The van der Waals surface area contributed by atoms with Gasteiger partial charge >= 0.3 is 0 Å². The molecule has 1 amide bonds. The summed E-state index contributed by atoms with van der Waals surface area (Å²) in [5.41, 5.74) is 3.19. The van der Waals surface area contributed by atoms with Crippen LogP contribution in [0, 0.1) is 15.9 Å². The van der Waals surface area contributed by atoms with Gasteiger partial charge < -0.3 is 14.8 Å². The molecule has 1 N–H and O–H groups in total. The van der Waals surface area contributed by atoms with E-state index in [0.29, 0.717) is 34.0 Å². The summed E-state index contributed by atoms with van der Waals surface area (Å²) >= 11 is 0. The maximum Gasteiger partial charge on any atom is 0.269 e. The number of hydrogen-bond acceptors (Lipinski definition) is 6. The van der Waals surface area contributed by atoms with Crippen LogP contribution in [0.1, 0.15) is 27.7 Å². The number of nitrogens with zero attached hydrogens (tertiary/aromatic N) is 2. The number of nitro groups is 1. The molecule has 1 unspecified atom stereocenters. The molecule has 1 atom stereocenters. The molecule has 1 heterocycles. The first-order valence-electron chi connectivity index (χ1n) is 11.4. The molecule has 9 heteroatoms. The largest absolute Gasteiger partial charge is 0.496 e. The first-order chi connectivity index (χ1) is 17.9. The molecule has 4 aromatic carbocycles. The number of halogens is 1. The number of carbonyl (C=O) groups excluding carboxylic acids is 1.